The number of nitrogens with zero attached hydrogens (tertiary/aromatic N) is 4. The maximum Gasteiger partial charge on any atom is 0.295 e. The Morgan fingerprint density at radius 3 is 2.31 bits per heavy atom. The average Bonchev–Trinajstić information content (AvgIpc) is 3.66. The molecule has 0 spiro atoms. The van der Waals surface area contributed by atoms with Crippen LogP contribution in [0.15, 0.2) is 107 Å². The van der Waals surface area contributed by atoms with Crippen LogP contribution in [-0.2, 0) is 31.4 Å². The second-order valence-electron chi connectivity index (χ2n) is 10.3. The summed E-state index contributed by atoms with van der Waals surface area (Å²) in [7, 11) is -8.33. The molecule has 1 saturated heterocycles. The molecule has 0 radical (unpaired) electrons. The van der Waals surface area contributed by atoms with Crippen molar-refractivity contribution in [3.05, 3.63) is 103 Å². The molecule has 1 fully saturated rings. The highest BCUT2D eigenvalue weighted by atomic mass is 32.2. The molecule has 3 N–H and O–H groups in total. The van der Waals surface area contributed by atoms with Crippen LogP contribution in [-0.4, -0.2) is 63.8 Å². The first-order valence-corrected chi connectivity index (χ1v) is 17.6. The number of hydrogen-bond donors (Lipinski definition) is 3. The van der Waals surface area contributed by atoms with Crippen molar-refractivity contribution in [1.29, 1.82) is 0 Å². The fraction of sp³-hybridized carbons (Fsp3) is 0.167. The number of aryl methyl sites for hydroxylation is 1. The summed E-state index contributed by atoms with van der Waals surface area (Å²) in [4.78, 5) is 17.9. The third-order valence-electron chi connectivity index (χ3n) is 7.38. The first-order valence-electron chi connectivity index (χ1n) is 13.7. The predicted octanol–water partition coefficient (Wildman–Crippen LogP) is 4.06. The number of rotatable bonds is 10. The van der Waals surface area contributed by atoms with E-state index in [1.54, 1.807) is 30.3 Å². The molecule has 4 aromatic carbocycles. The maximum absolute atomic E-state index is 13.2. The zero-order valence-corrected chi connectivity index (χ0v) is 25.9. The van der Waals surface area contributed by atoms with Crippen molar-refractivity contribution in [2.75, 3.05) is 16.0 Å². The van der Waals surface area contributed by atoms with Crippen molar-refractivity contribution in [2.24, 2.45) is 0 Å². The van der Waals surface area contributed by atoms with E-state index in [0.29, 0.717) is 34.3 Å². The molecule has 0 aliphatic carbocycles. The monoisotopic (exact) mass is 665 g/mol. The van der Waals surface area contributed by atoms with Gasteiger partial charge in [0.05, 0.1) is 10.1 Å². The molecular weight excluding hydrogens is 639 g/mol. The number of carbonyl (C=O) groups excluding carboxylic acids is 1. The zero-order valence-electron chi connectivity index (χ0n) is 23.5. The normalized spacial score (nSPS) is 17.2. The number of carbonyl (C=O) groups is 1. The van der Waals surface area contributed by atoms with Crippen LogP contribution in [0, 0.1) is 0 Å². The summed E-state index contributed by atoms with van der Waals surface area (Å²) >= 11 is 1.45. The fourth-order valence-corrected chi connectivity index (χ4v) is 8.18. The Morgan fingerprint density at radius 2 is 1.64 bits per heavy atom. The standard InChI is InChI=1S/C30H27N5O7S3/c36-28-17-26(30(37)35(28)23-11-13-24(14-12-23)44(38,39)34-19-31-18-32-34)43-16-15-20-7-9-22(10-8-20)33-25-5-1-3-21-4-2-6-27(29(21)25)45(40,41)42/h1-14,18-19,26,28,33,36H,15-17H2,(H,40,41,42). The van der Waals surface area contributed by atoms with E-state index in [0.717, 1.165) is 28.0 Å². The van der Waals surface area contributed by atoms with Crippen LogP contribution in [0.2, 0.25) is 0 Å². The highest BCUT2D eigenvalue weighted by Gasteiger charge is 2.39. The lowest BCUT2D eigenvalue weighted by atomic mass is 10.1. The molecule has 6 rings (SSSR count). The van der Waals surface area contributed by atoms with Gasteiger partial charge >= 0.3 is 0 Å². The van der Waals surface area contributed by atoms with Gasteiger partial charge in [-0.2, -0.15) is 16.8 Å². The number of aromatic nitrogens is 3. The van der Waals surface area contributed by atoms with Crippen molar-refractivity contribution in [1.82, 2.24) is 14.2 Å². The number of aliphatic hydroxyl groups is 1. The van der Waals surface area contributed by atoms with Crippen molar-refractivity contribution in [2.45, 2.75) is 34.1 Å². The SMILES string of the molecule is O=C1C(SCCc2ccc(Nc3cccc4cccc(S(=O)(=O)O)c34)cc2)CC(O)N1c1ccc(S(=O)(=O)n2cncn2)cc1. The van der Waals surface area contributed by atoms with Gasteiger partial charge in [0.2, 0.25) is 5.91 Å². The van der Waals surface area contributed by atoms with E-state index in [2.05, 4.69) is 15.4 Å². The molecule has 2 atom stereocenters. The number of anilines is 3. The van der Waals surface area contributed by atoms with Gasteiger partial charge in [-0.05, 0) is 71.7 Å². The Bertz CT molecular complexity index is 2070. The van der Waals surface area contributed by atoms with E-state index < -0.39 is 31.6 Å². The van der Waals surface area contributed by atoms with E-state index in [4.69, 9.17) is 0 Å². The topological polar surface area (TPSA) is 172 Å². The van der Waals surface area contributed by atoms with E-state index in [1.807, 2.05) is 24.3 Å². The molecule has 0 bridgehead atoms. The summed E-state index contributed by atoms with van der Waals surface area (Å²) in [6.45, 7) is 0. The lowest BCUT2D eigenvalue weighted by Crippen LogP contribution is -2.34. The van der Waals surface area contributed by atoms with Crippen LogP contribution in [0.1, 0.15) is 12.0 Å². The Hall–Kier alpha value is -4.28. The van der Waals surface area contributed by atoms with Gasteiger partial charge in [-0.3, -0.25) is 14.2 Å². The van der Waals surface area contributed by atoms with E-state index in [9.17, 15) is 31.3 Å². The molecule has 0 saturated carbocycles. The molecule has 1 aliphatic heterocycles. The molecule has 15 heteroatoms. The number of fused-ring (bicyclic) bond motifs is 1. The second-order valence-corrected chi connectivity index (χ2v) is 14.8. The molecular formula is C30H27N5O7S3. The zero-order chi connectivity index (χ0) is 31.8. The van der Waals surface area contributed by atoms with E-state index in [1.165, 1.54) is 47.0 Å². The predicted molar refractivity (Wildman–Crippen MR) is 171 cm³/mol. The second kappa shape index (κ2) is 12.3. The van der Waals surface area contributed by atoms with Gasteiger partial charge in [-0.1, -0.05) is 36.4 Å². The minimum atomic E-state index is -4.42. The molecule has 1 aliphatic rings. The Kier molecular flexibility index (Phi) is 8.37. The Morgan fingerprint density at radius 1 is 0.933 bits per heavy atom. The van der Waals surface area contributed by atoms with Crippen molar-refractivity contribution in [3.63, 3.8) is 0 Å². The minimum absolute atomic E-state index is 0.0231. The lowest BCUT2D eigenvalue weighted by Gasteiger charge is -2.20. The van der Waals surface area contributed by atoms with Crippen molar-refractivity contribution >= 4 is 65.6 Å². The van der Waals surface area contributed by atoms with Gasteiger partial charge in [-0.15, -0.1) is 20.9 Å². The van der Waals surface area contributed by atoms with E-state index >= 15 is 0 Å². The van der Waals surface area contributed by atoms with Crippen molar-refractivity contribution < 1.29 is 31.3 Å². The van der Waals surface area contributed by atoms with Crippen LogP contribution >= 0.6 is 11.8 Å². The highest BCUT2D eigenvalue weighted by Crippen LogP contribution is 2.34. The number of nitrogens with one attached hydrogen (secondary N) is 1. The smallest absolute Gasteiger partial charge is 0.295 e. The number of benzene rings is 4. The third-order valence-corrected chi connectivity index (χ3v) is 11.1. The summed E-state index contributed by atoms with van der Waals surface area (Å²) in [5.74, 6) is 0.373. The lowest BCUT2D eigenvalue weighted by molar-refractivity contribution is -0.117. The van der Waals surface area contributed by atoms with Crippen LogP contribution in [0.3, 0.4) is 0 Å². The molecule has 1 aromatic heterocycles. The number of hydrogen-bond acceptors (Lipinski definition) is 10. The number of amides is 1. The van der Waals surface area contributed by atoms with Gasteiger partial charge < -0.3 is 10.4 Å². The quantitative estimate of drug-likeness (QED) is 0.184. The van der Waals surface area contributed by atoms with Gasteiger partial charge in [0.25, 0.3) is 20.1 Å². The van der Waals surface area contributed by atoms with Crippen LogP contribution in [0.5, 0.6) is 0 Å². The third kappa shape index (κ3) is 6.30. The first-order chi connectivity index (χ1) is 21.5. The fourth-order valence-electron chi connectivity index (χ4n) is 5.20. The molecule has 232 valence electrons. The highest BCUT2D eigenvalue weighted by molar-refractivity contribution is 8.00. The molecule has 2 unspecified atom stereocenters. The Balaban J connectivity index is 1.07. The number of thioether (sulfide) groups is 1. The average molecular weight is 666 g/mol. The minimum Gasteiger partial charge on any atom is -0.373 e. The number of aliphatic hydroxyl groups excluding tert-OH is 1. The maximum atomic E-state index is 13.2. The van der Waals surface area contributed by atoms with Crippen LogP contribution in [0.25, 0.3) is 10.8 Å². The molecule has 5 aromatic rings. The summed E-state index contributed by atoms with van der Waals surface area (Å²) < 4.78 is 59.7. The van der Waals surface area contributed by atoms with Crippen LogP contribution in [0.4, 0.5) is 17.1 Å². The van der Waals surface area contributed by atoms with E-state index in [-0.39, 0.29) is 22.1 Å². The Labute approximate surface area is 263 Å². The van der Waals surface area contributed by atoms with Gasteiger partial charge in [0.1, 0.15) is 23.8 Å². The molecule has 12 nitrogen and oxygen atoms in total. The molecule has 2 heterocycles. The van der Waals surface area contributed by atoms with Gasteiger partial charge in [0.15, 0.2) is 0 Å². The summed E-state index contributed by atoms with van der Waals surface area (Å²) in [6.07, 6.45) is 2.08. The summed E-state index contributed by atoms with van der Waals surface area (Å²) in [5.41, 5.74) is 2.69. The van der Waals surface area contributed by atoms with Gasteiger partial charge in [0, 0.05) is 28.9 Å². The summed E-state index contributed by atoms with van der Waals surface area (Å²) in [5, 5.41) is 18.2. The molecule has 45 heavy (non-hydrogen) atoms. The van der Waals surface area contributed by atoms with Gasteiger partial charge in [-0.25, -0.2) is 4.98 Å². The molecule has 1 amide bonds. The van der Waals surface area contributed by atoms with Crippen molar-refractivity contribution in [3.8, 4) is 0 Å². The summed E-state index contributed by atoms with van der Waals surface area (Å²) in [6, 6.07) is 23.3. The van der Waals surface area contributed by atoms with Crippen LogP contribution < -0.4 is 10.2 Å². The first kappa shape index (κ1) is 30.7. The largest absolute Gasteiger partial charge is 0.373 e.